The van der Waals surface area contributed by atoms with Crippen LogP contribution >= 0.6 is 11.3 Å². The van der Waals surface area contributed by atoms with Gasteiger partial charge < -0.3 is 15.4 Å². The first-order valence-electron chi connectivity index (χ1n) is 6.96. The van der Waals surface area contributed by atoms with Gasteiger partial charge in [0.05, 0.1) is 5.56 Å². The highest BCUT2D eigenvalue weighted by atomic mass is 32.1. The Morgan fingerprint density at radius 3 is 2.80 bits per heavy atom. The second kappa shape index (κ2) is 8.56. The molecular formula is C16H12FN3O4S. The fourth-order valence-electron chi connectivity index (χ4n) is 1.74. The molecule has 0 saturated heterocycles. The monoisotopic (exact) mass is 361 g/mol. The van der Waals surface area contributed by atoms with E-state index in [1.165, 1.54) is 29.5 Å². The van der Waals surface area contributed by atoms with E-state index >= 15 is 0 Å². The summed E-state index contributed by atoms with van der Waals surface area (Å²) in [4.78, 5) is 34.9. The van der Waals surface area contributed by atoms with Crippen LogP contribution in [-0.2, 0) is 14.3 Å². The second-order valence-electron chi connectivity index (χ2n) is 4.68. The third-order valence-electron chi connectivity index (χ3n) is 2.88. The Hall–Kier alpha value is -3.25. The van der Waals surface area contributed by atoms with Crippen LogP contribution in [0.25, 0.3) is 0 Å². The Morgan fingerprint density at radius 2 is 2.08 bits per heavy atom. The summed E-state index contributed by atoms with van der Waals surface area (Å²) in [5.74, 6) is -2.65. The van der Waals surface area contributed by atoms with Crippen molar-refractivity contribution in [1.82, 2.24) is 5.32 Å². The molecular weight excluding hydrogens is 349 g/mol. The molecule has 128 valence electrons. The van der Waals surface area contributed by atoms with Crippen molar-refractivity contribution in [2.75, 3.05) is 18.5 Å². The van der Waals surface area contributed by atoms with Gasteiger partial charge in [-0.15, -0.1) is 11.3 Å². The summed E-state index contributed by atoms with van der Waals surface area (Å²) in [6.45, 7) is -1.03. The summed E-state index contributed by atoms with van der Waals surface area (Å²) >= 11 is 1.17. The number of carbonyl (C=O) groups excluding carboxylic acids is 3. The van der Waals surface area contributed by atoms with Crippen LogP contribution in [0.5, 0.6) is 0 Å². The smallest absolute Gasteiger partial charge is 0.325 e. The maximum absolute atomic E-state index is 13.0. The quantitative estimate of drug-likeness (QED) is 0.761. The SMILES string of the molecule is N#Cc1ccsc1NC(=O)COC(=O)CNC(=O)c1cccc(F)c1. The zero-order valence-electron chi connectivity index (χ0n) is 12.7. The highest BCUT2D eigenvalue weighted by Crippen LogP contribution is 2.21. The lowest BCUT2D eigenvalue weighted by Crippen LogP contribution is -2.32. The van der Waals surface area contributed by atoms with Crippen LogP contribution in [-0.4, -0.2) is 30.9 Å². The Morgan fingerprint density at radius 1 is 1.28 bits per heavy atom. The largest absolute Gasteiger partial charge is 0.454 e. The number of thiophene rings is 1. The first kappa shape index (κ1) is 18.1. The van der Waals surface area contributed by atoms with Gasteiger partial charge in [-0.1, -0.05) is 6.07 Å². The molecule has 1 aromatic heterocycles. The number of anilines is 1. The number of hydrogen-bond donors (Lipinski definition) is 2. The molecule has 2 rings (SSSR count). The lowest BCUT2D eigenvalue weighted by Gasteiger charge is -2.07. The molecule has 1 heterocycles. The summed E-state index contributed by atoms with van der Waals surface area (Å²) in [6, 6.07) is 8.44. The van der Waals surface area contributed by atoms with Crippen molar-refractivity contribution in [1.29, 1.82) is 5.26 Å². The van der Waals surface area contributed by atoms with E-state index in [4.69, 9.17) is 10.00 Å². The van der Waals surface area contributed by atoms with Gasteiger partial charge in [0.1, 0.15) is 23.4 Å². The van der Waals surface area contributed by atoms with Crippen molar-refractivity contribution in [3.63, 3.8) is 0 Å². The Balaban J connectivity index is 1.74. The van der Waals surface area contributed by atoms with Gasteiger partial charge in [0.15, 0.2) is 6.61 Å². The predicted molar refractivity (Wildman–Crippen MR) is 87.4 cm³/mol. The van der Waals surface area contributed by atoms with Gasteiger partial charge >= 0.3 is 5.97 Å². The Labute approximate surface area is 146 Å². The Bertz CT molecular complexity index is 844. The van der Waals surface area contributed by atoms with E-state index in [1.54, 1.807) is 11.4 Å². The van der Waals surface area contributed by atoms with Crippen LogP contribution < -0.4 is 10.6 Å². The number of benzene rings is 1. The van der Waals surface area contributed by atoms with Crippen molar-refractivity contribution in [3.05, 3.63) is 52.7 Å². The lowest BCUT2D eigenvalue weighted by atomic mass is 10.2. The number of halogens is 1. The van der Waals surface area contributed by atoms with Gasteiger partial charge in [-0.05, 0) is 29.6 Å². The molecule has 0 unspecified atom stereocenters. The van der Waals surface area contributed by atoms with E-state index in [2.05, 4.69) is 10.6 Å². The number of nitrogens with zero attached hydrogens (tertiary/aromatic N) is 1. The maximum Gasteiger partial charge on any atom is 0.325 e. The molecule has 0 aliphatic heterocycles. The average molecular weight is 361 g/mol. The standard InChI is InChI=1S/C16H12FN3O4S/c17-12-3-1-2-10(6-12)15(23)19-8-14(22)24-9-13(21)20-16-11(7-18)4-5-25-16/h1-6H,8-9H2,(H,19,23)(H,20,21). The molecule has 1 aromatic carbocycles. The van der Waals surface area contributed by atoms with Crippen LogP contribution in [0, 0.1) is 17.1 Å². The van der Waals surface area contributed by atoms with Crippen molar-refractivity contribution >= 4 is 34.1 Å². The molecule has 0 fully saturated rings. The average Bonchev–Trinajstić information content (AvgIpc) is 3.04. The summed E-state index contributed by atoms with van der Waals surface area (Å²) in [7, 11) is 0. The first-order valence-corrected chi connectivity index (χ1v) is 7.84. The summed E-state index contributed by atoms with van der Waals surface area (Å²) in [5, 5.41) is 15.5. The number of ether oxygens (including phenoxy) is 1. The minimum absolute atomic E-state index is 0.0623. The van der Waals surface area contributed by atoms with E-state index in [0.717, 1.165) is 6.07 Å². The third kappa shape index (κ3) is 5.40. The van der Waals surface area contributed by atoms with Gasteiger partial charge in [-0.3, -0.25) is 14.4 Å². The second-order valence-corrected chi connectivity index (χ2v) is 5.59. The molecule has 2 aromatic rings. The molecule has 0 saturated carbocycles. The number of rotatable bonds is 6. The van der Waals surface area contributed by atoms with Crippen molar-refractivity contribution in [2.45, 2.75) is 0 Å². The highest BCUT2D eigenvalue weighted by Gasteiger charge is 2.13. The van der Waals surface area contributed by atoms with Crippen LogP contribution in [0.2, 0.25) is 0 Å². The van der Waals surface area contributed by atoms with E-state index in [-0.39, 0.29) is 5.56 Å². The summed E-state index contributed by atoms with van der Waals surface area (Å²) < 4.78 is 17.7. The molecule has 0 aliphatic carbocycles. The van der Waals surface area contributed by atoms with Crippen LogP contribution in [0.3, 0.4) is 0 Å². The Kier molecular flexibility index (Phi) is 6.20. The van der Waals surface area contributed by atoms with E-state index in [0.29, 0.717) is 10.6 Å². The molecule has 2 N–H and O–H groups in total. The van der Waals surface area contributed by atoms with Gasteiger partial charge in [0.2, 0.25) is 0 Å². The maximum atomic E-state index is 13.0. The third-order valence-corrected chi connectivity index (χ3v) is 3.71. The first-order chi connectivity index (χ1) is 12.0. The molecule has 0 aliphatic rings. The van der Waals surface area contributed by atoms with Gasteiger partial charge in [0.25, 0.3) is 11.8 Å². The van der Waals surface area contributed by atoms with Crippen molar-refractivity contribution < 1.29 is 23.5 Å². The minimum atomic E-state index is -0.827. The fourth-order valence-corrected chi connectivity index (χ4v) is 2.49. The van der Waals surface area contributed by atoms with Gasteiger partial charge in [-0.25, -0.2) is 4.39 Å². The zero-order valence-corrected chi connectivity index (χ0v) is 13.6. The highest BCUT2D eigenvalue weighted by molar-refractivity contribution is 7.14. The van der Waals surface area contributed by atoms with Gasteiger partial charge in [-0.2, -0.15) is 5.26 Å². The number of nitrogens with one attached hydrogen (secondary N) is 2. The van der Waals surface area contributed by atoms with Crippen LogP contribution in [0.1, 0.15) is 15.9 Å². The molecule has 0 spiro atoms. The number of hydrogen-bond acceptors (Lipinski definition) is 6. The van der Waals surface area contributed by atoms with Crippen molar-refractivity contribution in [3.8, 4) is 6.07 Å². The number of carbonyl (C=O) groups is 3. The molecule has 0 bridgehead atoms. The molecule has 0 radical (unpaired) electrons. The lowest BCUT2D eigenvalue weighted by molar-refractivity contribution is -0.146. The fraction of sp³-hybridized carbons (Fsp3) is 0.125. The predicted octanol–water partition coefficient (Wildman–Crippen LogP) is 1.67. The van der Waals surface area contributed by atoms with Gasteiger partial charge in [0, 0.05) is 5.56 Å². The van der Waals surface area contributed by atoms with Crippen LogP contribution in [0.15, 0.2) is 35.7 Å². The van der Waals surface area contributed by atoms with Crippen LogP contribution in [0.4, 0.5) is 9.39 Å². The summed E-state index contributed by atoms with van der Waals surface area (Å²) in [6.07, 6.45) is 0. The zero-order chi connectivity index (χ0) is 18.2. The molecule has 2 amide bonds. The minimum Gasteiger partial charge on any atom is -0.454 e. The summed E-state index contributed by atoms with van der Waals surface area (Å²) in [5.41, 5.74) is 0.374. The molecule has 9 heteroatoms. The number of esters is 1. The molecule has 0 atom stereocenters. The van der Waals surface area contributed by atoms with E-state index in [9.17, 15) is 18.8 Å². The van der Waals surface area contributed by atoms with E-state index < -0.39 is 36.8 Å². The van der Waals surface area contributed by atoms with E-state index in [1.807, 2.05) is 6.07 Å². The number of amides is 2. The topological polar surface area (TPSA) is 108 Å². The molecule has 7 nitrogen and oxygen atoms in total. The normalized spacial score (nSPS) is 9.76. The van der Waals surface area contributed by atoms with Crippen molar-refractivity contribution in [2.24, 2.45) is 0 Å². The molecule has 25 heavy (non-hydrogen) atoms. The number of nitriles is 1.